The molecule has 0 saturated heterocycles. The molecule has 0 aromatic carbocycles. The number of hydrogen-bond donors (Lipinski definition) is 0. The van der Waals surface area contributed by atoms with Gasteiger partial charge in [-0.15, -0.1) is 0 Å². The van der Waals surface area contributed by atoms with E-state index in [1.165, 1.54) is 0 Å². The van der Waals surface area contributed by atoms with E-state index in [0.717, 1.165) is 22.7 Å². The molecule has 0 aromatic rings. The third-order valence-corrected chi connectivity index (χ3v) is 5.05. The van der Waals surface area contributed by atoms with Gasteiger partial charge in [0, 0.05) is 0 Å². The third-order valence-electron chi connectivity index (χ3n) is 5.05. The van der Waals surface area contributed by atoms with E-state index in [1.807, 2.05) is 0 Å². The summed E-state index contributed by atoms with van der Waals surface area (Å²) in [6, 6.07) is 0. The Bertz CT molecular complexity index is 194. The standard InChI is InChI=1S/C10H16/c1-9-4-7-3-8(6-9)10(9,2)5-7/h7-8H,3-6H2,1-2H3. The van der Waals surface area contributed by atoms with Gasteiger partial charge in [-0.05, 0) is 48.3 Å². The van der Waals surface area contributed by atoms with Gasteiger partial charge in [-0.2, -0.15) is 0 Å². The smallest absolute Gasteiger partial charge is 0.0240 e. The Morgan fingerprint density at radius 2 is 1.90 bits per heavy atom. The van der Waals surface area contributed by atoms with Crippen LogP contribution in [0.5, 0.6) is 0 Å². The molecule has 3 saturated carbocycles. The largest absolute Gasteiger partial charge is 0.0591 e. The summed E-state index contributed by atoms with van der Waals surface area (Å²) in [5, 5.41) is 0. The Balaban J connectivity index is 2.10. The van der Waals surface area contributed by atoms with Crippen LogP contribution in [0, 0.1) is 22.7 Å². The predicted molar refractivity (Wildman–Crippen MR) is 41.7 cm³/mol. The Morgan fingerprint density at radius 3 is 2.20 bits per heavy atom. The summed E-state index contributed by atoms with van der Waals surface area (Å²) >= 11 is 0. The molecule has 10 heavy (non-hydrogen) atoms. The van der Waals surface area contributed by atoms with Crippen molar-refractivity contribution in [3.8, 4) is 0 Å². The van der Waals surface area contributed by atoms with Crippen LogP contribution in [-0.2, 0) is 0 Å². The van der Waals surface area contributed by atoms with E-state index in [1.54, 1.807) is 25.7 Å². The van der Waals surface area contributed by atoms with E-state index in [4.69, 9.17) is 0 Å². The molecular weight excluding hydrogens is 120 g/mol. The van der Waals surface area contributed by atoms with Gasteiger partial charge in [0.05, 0.1) is 0 Å². The minimum Gasteiger partial charge on any atom is -0.0591 e. The zero-order valence-corrected chi connectivity index (χ0v) is 6.98. The molecule has 3 aliphatic rings. The first kappa shape index (κ1) is 5.62. The van der Waals surface area contributed by atoms with Crippen molar-refractivity contribution in [2.45, 2.75) is 39.5 Å². The summed E-state index contributed by atoms with van der Waals surface area (Å²) in [6.07, 6.45) is 6.25. The van der Waals surface area contributed by atoms with E-state index in [0.29, 0.717) is 0 Å². The maximum atomic E-state index is 2.54. The summed E-state index contributed by atoms with van der Waals surface area (Å²) in [6.45, 7) is 5.05. The molecule has 56 valence electrons. The van der Waals surface area contributed by atoms with Gasteiger partial charge in [-0.1, -0.05) is 13.8 Å². The van der Waals surface area contributed by atoms with Gasteiger partial charge in [-0.3, -0.25) is 0 Å². The third kappa shape index (κ3) is 0.339. The lowest BCUT2D eigenvalue weighted by molar-refractivity contribution is -0.101. The van der Waals surface area contributed by atoms with E-state index >= 15 is 0 Å². The number of fused-ring (bicyclic) bond motifs is 1. The summed E-state index contributed by atoms with van der Waals surface area (Å²) in [4.78, 5) is 0. The molecule has 3 fully saturated rings. The molecule has 0 heteroatoms. The van der Waals surface area contributed by atoms with Crippen LogP contribution in [0.15, 0.2) is 0 Å². The molecule has 4 unspecified atom stereocenters. The van der Waals surface area contributed by atoms with Crippen molar-refractivity contribution >= 4 is 0 Å². The number of hydrogen-bond acceptors (Lipinski definition) is 0. The Kier molecular flexibility index (Phi) is 0.669. The molecule has 0 radical (unpaired) electrons. The topological polar surface area (TPSA) is 0 Å². The first-order valence-electron chi connectivity index (χ1n) is 4.64. The lowest BCUT2D eigenvalue weighted by atomic mass is 9.45. The number of rotatable bonds is 0. The Labute approximate surface area is 63.0 Å². The van der Waals surface area contributed by atoms with Gasteiger partial charge < -0.3 is 0 Å². The normalized spacial score (nSPS) is 70.2. The van der Waals surface area contributed by atoms with Gasteiger partial charge in [0.25, 0.3) is 0 Å². The van der Waals surface area contributed by atoms with Crippen molar-refractivity contribution in [3.05, 3.63) is 0 Å². The maximum Gasteiger partial charge on any atom is -0.0240 e. The summed E-state index contributed by atoms with van der Waals surface area (Å²) in [5.74, 6) is 2.27. The molecule has 2 bridgehead atoms. The molecule has 3 aliphatic carbocycles. The van der Waals surface area contributed by atoms with Crippen LogP contribution in [-0.4, -0.2) is 0 Å². The molecule has 0 nitrogen and oxygen atoms in total. The highest BCUT2D eigenvalue weighted by Gasteiger charge is 2.68. The Hall–Kier alpha value is 0. The molecule has 0 spiro atoms. The highest BCUT2D eigenvalue weighted by Crippen LogP contribution is 2.77. The molecule has 0 aromatic heterocycles. The molecule has 0 N–H and O–H groups in total. The zero-order chi connectivity index (χ0) is 6.98. The predicted octanol–water partition coefficient (Wildman–Crippen LogP) is 2.83. The second-order valence-corrected chi connectivity index (χ2v) is 5.39. The quantitative estimate of drug-likeness (QED) is 0.480. The molecule has 0 aliphatic heterocycles. The fourth-order valence-electron chi connectivity index (χ4n) is 4.31. The van der Waals surface area contributed by atoms with Crippen LogP contribution >= 0.6 is 0 Å². The van der Waals surface area contributed by atoms with Crippen molar-refractivity contribution in [2.24, 2.45) is 22.7 Å². The van der Waals surface area contributed by atoms with Crippen molar-refractivity contribution in [1.82, 2.24) is 0 Å². The maximum absolute atomic E-state index is 2.54. The molecule has 4 atom stereocenters. The summed E-state index contributed by atoms with van der Waals surface area (Å²) < 4.78 is 0. The minimum atomic E-state index is 0.792. The van der Waals surface area contributed by atoms with Crippen LogP contribution in [0.4, 0.5) is 0 Å². The lowest BCUT2D eigenvalue weighted by Gasteiger charge is -2.59. The van der Waals surface area contributed by atoms with Crippen LogP contribution in [0.3, 0.4) is 0 Å². The lowest BCUT2D eigenvalue weighted by Crippen LogP contribution is -2.51. The highest BCUT2D eigenvalue weighted by molar-refractivity contribution is 5.18. The van der Waals surface area contributed by atoms with Gasteiger partial charge in [0.15, 0.2) is 0 Å². The second kappa shape index (κ2) is 1.19. The van der Waals surface area contributed by atoms with Crippen molar-refractivity contribution in [3.63, 3.8) is 0 Å². The average Bonchev–Trinajstić information content (AvgIpc) is 2.16. The van der Waals surface area contributed by atoms with E-state index in [9.17, 15) is 0 Å². The monoisotopic (exact) mass is 136 g/mol. The van der Waals surface area contributed by atoms with Crippen LogP contribution in [0.2, 0.25) is 0 Å². The first-order chi connectivity index (χ1) is 4.64. The molecule has 0 amide bonds. The molecular formula is C10H16. The first-order valence-corrected chi connectivity index (χ1v) is 4.64. The van der Waals surface area contributed by atoms with Crippen molar-refractivity contribution < 1.29 is 0 Å². The van der Waals surface area contributed by atoms with Crippen molar-refractivity contribution in [2.75, 3.05) is 0 Å². The summed E-state index contributed by atoms with van der Waals surface area (Å²) in [7, 11) is 0. The average molecular weight is 136 g/mol. The molecule has 3 rings (SSSR count). The highest BCUT2D eigenvalue weighted by atomic mass is 14.7. The van der Waals surface area contributed by atoms with Gasteiger partial charge in [0.1, 0.15) is 0 Å². The molecule has 0 heterocycles. The van der Waals surface area contributed by atoms with E-state index in [2.05, 4.69) is 13.8 Å². The van der Waals surface area contributed by atoms with Gasteiger partial charge >= 0.3 is 0 Å². The summed E-state index contributed by atoms with van der Waals surface area (Å²) in [5.41, 5.74) is 1.60. The minimum absolute atomic E-state index is 0.792. The van der Waals surface area contributed by atoms with E-state index in [-0.39, 0.29) is 0 Å². The SMILES string of the molecule is CC12CC3CC(C1)C2(C)C3. The van der Waals surface area contributed by atoms with Crippen LogP contribution in [0.1, 0.15) is 39.5 Å². The fraction of sp³-hybridized carbons (Fsp3) is 1.00. The van der Waals surface area contributed by atoms with Crippen molar-refractivity contribution in [1.29, 1.82) is 0 Å². The fourth-order valence-corrected chi connectivity index (χ4v) is 4.31. The Morgan fingerprint density at radius 1 is 1.10 bits per heavy atom. The van der Waals surface area contributed by atoms with Crippen LogP contribution in [0.25, 0.3) is 0 Å². The van der Waals surface area contributed by atoms with Crippen LogP contribution < -0.4 is 0 Å². The van der Waals surface area contributed by atoms with E-state index < -0.39 is 0 Å². The zero-order valence-electron chi connectivity index (χ0n) is 6.98. The van der Waals surface area contributed by atoms with Gasteiger partial charge in [0.2, 0.25) is 0 Å². The second-order valence-electron chi connectivity index (χ2n) is 5.39. The van der Waals surface area contributed by atoms with Gasteiger partial charge in [-0.25, -0.2) is 0 Å².